The summed E-state index contributed by atoms with van der Waals surface area (Å²) >= 11 is 0. The third kappa shape index (κ3) is 9.48. The van der Waals surface area contributed by atoms with Crippen molar-refractivity contribution in [3.05, 3.63) is 84.1 Å². The molecule has 3 aromatic carbocycles. The van der Waals surface area contributed by atoms with Crippen LogP contribution in [-0.4, -0.2) is 15.0 Å². The number of benzene rings is 3. The first kappa shape index (κ1) is 34.8. The van der Waals surface area contributed by atoms with E-state index in [0.29, 0.717) is 12.1 Å². The van der Waals surface area contributed by atoms with Crippen LogP contribution in [0.3, 0.4) is 0 Å². The number of rotatable bonds is 7. The van der Waals surface area contributed by atoms with Crippen LogP contribution < -0.4 is 4.72 Å². The van der Waals surface area contributed by atoms with Crippen molar-refractivity contribution in [2.75, 3.05) is 4.72 Å². The minimum atomic E-state index is -1.39. The average molecular weight is 563 g/mol. The lowest BCUT2D eigenvalue weighted by Crippen LogP contribution is -2.11. The van der Waals surface area contributed by atoms with Crippen molar-refractivity contribution in [1.82, 2.24) is 4.98 Å². The van der Waals surface area contributed by atoms with Gasteiger partial charge in [-0.3, -0.25) is 4.79 Å². The van der Waals surface area contributed by atoms with Crippen molar-refractivity contribution in [3.8, 4) is 11.1 Å². The molecular formula is C35H50N2O2S. The van der Waals surface area contributed by atoms with Gasteiger partial charge in [0.05, 0.1) is 10.6 Å². The van der Waals surface area contributed by atoms with Gasteiger partial charge >= 0.3 is 0 Å². The molecule has 4 nitrogen and oxygen atoms in total. The molecule has 4 rings (SSSR count). The Labute approximate surface area is 245 Å². The topological polar surface area (TPSA) is 62.0 Å². The van der Waals surface area contributed by atoms with Gasteiger partial charge in [0.1, 0.15) is 11.0 Å². The van der Waals surface area contributed by atoms with Gasteiger partial charge in [-0.25, -0.2) is 4.21 Å². The van der Waals surface area contributed by atoms with Crippen LogP contribution in [0.15, 0.2) is 77.7 Å². The first-order valence-corrected chi connectivity index (χ1v) is 15.9. The van der Waals surface area contributed by atoms with Crippen LogP contribution in [-0.2, 0) is 16.4 Å². The van der Waals surface area contributed by atoms with Gasteiger partial charge in [0.25, 0.3) is 0 Å². The fourth-order valence-electron chi connectivity index (χ4n) is 3.79. The third-order valence-electron chi connectivity index (χ3n) is 6.11. The number of hydrogen-bond donors (Lipinski definition) is 2. The zero-order chi connectivity index (χ0) is 30.3. The van der Waals surface area contributed by atoms with E-state index in [1.54, 1.807) is 0 Å². The number of anilines is 1. The van der Waals surface area contributed by atoms with E-state index in [2.05, 4.69) is 44.3 Å². The second kappa shape index (κ2) is 17.5. The van der Waals surface area contributed by atoms with E-state index in [1.807, 2.05) is 107 Å². The maximum absolute atomic E-state index is 13.0. The molecule has 5 heteroatoms. The fourth-order valence-corrected chi connectivity index (χ4v) is 4.63. The number of unbranched alkanes of at least 4 members (excludes halogenated alkanes) is 1. The number of hydrogen-bond acceptors (Lipinski definition) is 2. The zero-order valence-corrected chi connectivity index (χ0v) is 27.1. The Morgan fingerprint density at radius 3 is 1.90 bits per heavy atom. The summed E-state index contributed by atoms with van der Waals surface area (Å²) < 4.78 is 16.1. The lowest BCUT2D eigenvalue weighted by atomic mass is 9.87. The Morgan fingerprint density at radius 2 is 1.40 bits per heavy atom. The Morgan fingerprint density at radius 1 is 0.825 bits per heavy atom. The number of ketones is 1. The van der Waals surface area contributed by atoms with Crippen LogP contribution in [0, 0.1) is 0 Å². The molecule has 0 saturated heterocycles. The predicted octanol–water partition coefficient (Wildman–Crippen LogP) is 10.7. The van der Waals surface area contributed by atoms with Crippen molar-refractivity contribution in [1.29, 1.82) is 0 Å². The van der Waals surface area contributed by atoms with Crippen molar-refractivity contribution >= 4 is 33.4 Å². The third-order valence-corrected chi connectivity index (χ3v) is 7.23. The van der Waals surface area contributed by atoms with Gasteiger partial charge in [0.15, 0.2) is 5.78 Å². The summed E-state index contributed by atoms with van der Waals surface area (Å²) in [6, 6.07) is 23.5. The number of Topliss-reactive ketones (excluding diaryl/α,β-unsaturated/α-hetero) is 1. The number of aromatic nitrogens is 1. The van der Waals surface area contributed by atoms with Crippen LogP contribution in [0.25, 0.3) is 22.0 Å². The SMILES string of the molecule is CC.CC.CCC(=O)c1[nH]c2ccc(NS(=O)c3ccc(C(C)(C)C)cc3)cc2c1-c1ccccc1.CCCC. The quantitative estimate of drug-likeness (QED) is 0.220. The summed E-state index contributed by atoms with van der Waals surface area (Å²) in [6.07, 6.45) is 3.06. The van der Waals surface area contributed by atoms with Crippen molar-refractivity contribution < 1.29 is 9.00 Å². The maximum atomic E-state index is 13.0. The molecule has 1 heterocycles. The van der Waals surface area contributed by atoms with Crippen LogP contribution in [0.1, 0.15) is 105 Å². The highest BCUT2D eigenvalue weighted by Crippen LogP contribution is 2.35. The second-order valence-corrected chi connectivity index (χ2v) is 11.1. The summed E-state index contributed by atoms with van der Waals surface area (Å²) in [6.45, 7) is 20.7. The molecule has 0 spiro atoms. The summed E-state index contributed by atoms with van der Waals surface area (Å²) in [7, 11) is -1.39. The summed E-state index contributed by atoms with van der Waals surface area (Å²) in [5.74, 6) is 0.0667. The van der Waals surface area contributed by atoms with Crippen LogP contribution in [0.2, 0.25) is 0 Å². The molecule has 218 valence electrons. The normalized spacial score (nSPS) is 11.2. The van der Waals surface area contributed by atoms with Gasteiger partial charge in [-0.2, -0.15) is 0 Å². The molecule has 0 fully saturated rings. The molecule has 2 N–H and O–H groups in total. The number of carbonyl (C=O) groups is 1. The molecule has 0 bridgehead atoms. The van der Waals surface area contributed by atoms with E-state index >= 15 is 0 Å². The molecule has 0 amide bonds. The van der Waals surface area contributed by atoms with Gasteiger partial charge < -0.3 is 9.71 Å². The van der Waals surface area contributed by atoms with Crippen LogP contribution >= 0.6 is 0 Å². The Kier molecular flexibility index (Phi) is 15.2. The van der Waals surface area contributed by atoms with Crippen molar-refractivity contribution in [2.45, 2.75) is 98.8 Å². The van der Waals surface area contributed by atoms with E-state index in [1.165, 1.54) is 18.4 Å². The lowest BCUT2D eigenvalue weighted by molar-refractivity contribution is 0.0985. The minimum absolute atomic E-state index is 0.0498. The molecule has 4 aromatic rings. The predicted molar refractivity (Wildman–Crippen MR) is 177 cm³/mol. The molecule has 40 heavy (non-hydrogen) atoms. The smallest absolute Gasteiger partial charge is 0.179 e. The first-order valence-electron chi connectivity index (χ1n) is 14.7. The molecular weight excluding hydrogens is 512 g/mol. The van der Waals surface area contributed by atoms with Gasteiger partial charge in [-0.1, -0.05) is 125 Å². The number of aromatic amines is 1. The van der Waals surface area contributed by atoms with Crippen molar-refractivity contribution in [3.63, 3.8) is 0 Å². The van der Waals surface area contributed by atoms with E-state index in [9.17, 15) is 9.00 Å². The molecule has 0 saturated carbocycles. The molecule has 1 aromatic heterocycles. The maximum Gasteiger partial charge on any atom is 0.179 e. The van der Waals surface area contributed by atoms with Gasteiger partial charge in [0.2, 0.25) is 0 Å². The van der Waals surface area contributed by atoms with Gasteiger partial charge in [-0.05, 0) is 46.9 Å². The summed E-state index contributed by atoms with van der Waals surface area (Å²) in [5, 5.41) is 0.929. The number of fused-ring (bicyclic) bond motifs is 1. The molecule has 0 aliphatic rings. The standard InChI is InChI=1S/C27H28N2O2S.C4H10.2C2H6/c1-5-24(30)26-25(18-9-7-6-8-10-18)22-17-20(13-16-23(22)28-26)29-32(31)21-14-11-19(12-15-21)27(2,3)4;1-3-4-2;2*1-2/h6-17,28-29H,5H2,1-4H3;3-4H2,1-2H3;2*1-2H3. The monoisotopic (exact) mass is 562 g/mol. The van der Waals surface area contributed by atoms with Crippen LogP contribution in [0.4, 0.5) is 5.69 Å². The van der Waals surface area contributed by atoms with Gasteiger partial charge in [-0.15, -0.1) is 0 Å². The minimum Gasteiger partial charge on any atom is -0.352 e. The number of carbonyl (C=O) groups excluding carboxylic acids is 1. The second-order valence-electron chi connectivity index (χ2n) is 9.92. The highest BCUT2D eigenvalue weighted by atomic mass is 32.2. The highest BCUT2D eigenvalue weighted by Gasteiger charge is 2.19. The molecule has 1 atom stereocenters. The molecule has 0 aliphatic heterocycles. The van der Waals surface area contributed by atoms with E-state index in [0.717, 1.165) is 32.6 Å². The van der Waals surface area contributed by atoms with Crippen molar-refractivity contribution in [2.24, 2.45) is 0 Å². The fraction of sp³-hybridized carbons (Fsp3) is 0.400. The molecule has 0 radical (unpaired) electrons. The van der Waals surface area contributed by atoms with E-state index in [-0.39, 0.29) is 11.2 Å². The molecule has 1 unspecified atom stereocenters. The zero-order valence-electron chi connectivity index (χ0n) is 26.3. The summed E-state index contributed by atoms with van der Waals surface area (Å²) in [5.41, 5.74) is 5.35. The average Bonchev–Trinajstić information content (AvgIpc) is 3.38. The number of H-pyrrole nitrogens is 1. The summed E-state index contributed by atoms with van der Waals surface area (Å²) in [4.78, 5) is 16.6. The van der Waals surface area contributed by atoms with Crippen LogP contribution in [0.5, 0.6) is 0 Å². The van der Waals surface area contributed by atoms with E-state index < -0.39 is 11.0 Å². The van der Waals surface area contributed by atoms with Gasteiger partial charge in [0, 0.05) is 28.6 Å². The highest BCUT2D eigenvalue weighted by molar-refractivity contribution is 7.86. The largest absolute Gasteiger partial charge is 0.352 e. The lowest BCUT2D eigenvalue weighted by Gasteiger charge is -2.19. The first-order chi connectivity index (χ1) is 19.2. The Hall–Kier alpha value is -3.18. The Balaban J connectivity index is 0.000000902. The van der Waals surface area contributed by atoms with E-state index in [4.69, 9.17) is 0 Å². The molecule has 0 aliphatic carbocycles. The number of nitrogens with one attached hydrogen (secondary N) is 2. The Bertz CT molecular complexity index is 1320.